The molecule has 3 rings (SSSR count). The summed E-state index contributed by atoms with van der Waals surface area (Å²) in [5, 5.41) is 4.34. The molecule has 0 amide bonds. The number of carbonyl (C=O) groups excluding carboxylic acids is 1. The Morgan fingerprint density at radius 2 is 2.39 bits per heavy atom. The molecule has 94 valence electrons. The molecule has 0 bridgehead atoms. The molecule has 1 fully saturated rings. The van der Waals surface area contributed by atoms with E-state index in [0.717, 1.165) is 18.4 Å². The lowest BCUT2D eigenvalue weighted by molar-refractivity contribution is 0.0520. The first-order chi connectivity index (χ1) is 8.72. The quantitative estimate of drug-likeness (QED) is 0.800. The Bertz CT molecular complexity index is 619. The predicted molar refractivity (Wildman–Crippen MR) is 65.9 cm³/mol. The summed E-state index contributed by atoms with van der Waals surface area (Å²) in [4.78, 5) is 16.0. The van der Waals surface area contributed by atoms with E-state index in [1.165, 1.54) is 4.52 Å². The first-order valence-electron chi connectivity index (χ1n) is 5.92. The van der Waals surface area contributed by atoms with Crippen molar-refractivity contribution in [1.29, 1.82) is 0 Å². The zero-order chi connectivity index (χ0) is 12.7. The second kappa shape index (κ2) is 4.24. The van der Waals surface area contributed by atoms with Crippen LogP contribution in [0.3, 0.4) is 0 Å². The second-order valence-electron chi connectivity index (χ2n) is 4.27. The van der Waals surface area contributed by atoms with Crippen molar-refractivity contribution in [2.24, 2.45) is 0 Å². The van der Waals surface area contributed by atoms with Gasteiger partial charge in [0, 0.05) is 11.8 Å². The molecule has 1 aliphatic rings. The minimum absolute atomic E-state index is 0.138. The summed E-state index contributed by atoms with van der Waals surface area (Å²) < 4.78 is 6.43. The first kappa shape index (κ1) is 11.5. The summed E-state index contributed by atoms with van der Waals surface area (Å²) in [7, 11) is 0. The van der Waals surface area contributed by atoms with E-state index < -0.39 is 5.97 Å². The van der Waals surface area contributed by atoms with E-state index in [0.29, 0.717) is 18.2 Å². The van der Waals surface area contributed by atoms with Crippen LogP contribution in [0.4, 0.5) is 0 Å². The smallest absolute Gasteiger partial charge is 0.360 e. The summed E-state index contributed by atoms with van der Waals surface area (Å²) in [5.41, 5.74) is 1.90. The SMILES string of the molecule is CCOC(=O)c1nc2c(C3CC3)ccnn2c1Cl. The molecule has 0 N–H and O–H groups in total. The Kier molecular flexibility index (Phi) is 2.70. The second-order valence-corrected chi connectivity index (χ2v) is 4.63. The number of hydrogen-bond acceptors (Lipinski definition) is 4. The van der Waals surface area contributed by atoms with Gasteiger partial charge in [0.25, 0.3) is 0 Å². The van der Waals surface area contributed by atoms with Crippen LogP contribution >= 0.6 is 11.6 Å². The molecule has 0 aliphatic heterocycles. The van der Waals surface area contributed by atoms with Gasteiger partial charge in [0.05, 0.1) is 6.61 Å². The largest absolute Gasteiger partial charge is 0.461 e. The van der Waals surface area contributed by atoms with Crippen LogP contribution in [-0.2, 0) is 4.74 Å². The van der Waals surface area contributed by atoms with Crippen molar-refractivity contribution < 1.29 is 9.53 Å². The van der Waals surface area contributed by atoms with Crippen LogP contribution in [0.1, 0.15) is 41.7 Å². The van der Waals surface area contributed by atoms with Crippen molar-refractivity contribution in [2.45, 2.75) is 25.7 Å². The van der Waals surface area contributed by atoms with Crippen LogP contribution in [0.2, 0.25) is 5.15 Å². The molecular formula is C12H12ClN3O2. The van der Waals surface area contributed by atoms with Crippen molar-refractivity contribution in [2.75, 3.05) is 6.61 Å². The van der Waals surface area contributed by atoms with Crippen molar-refractivity contribution in [3.63, 3.8) is 0 Å². The van der Waals surface area contributed by atoms with Crippen molar-refractivity contribution >= 4 is 23.2 Å². The van der Waals surface area contributed by atoms with E-state index in [1.54, 1.807) is 13.1 Å². The Morgan fingerprint density at radius 1 is 1.61 bits per heavy atom. The molecule has 18 heavy (non-hydrogen) atoms. The highest BCUT2D eigenvalue weighted by atomic mass is 35.5. The molecule has 0 saturated heterocycles. The number of esters is 1. The molecule has 6 heteroatoms. The average molecular weight is 266 g/mol. The summed E-state index contributed by atoms with van der Waals surface area (Å²) in [5.74, 6) is 0.0127. The number of halogens is 1. The zero-order valence-electron chi connectivity index (χ0n) is 9.89. The number of ether oxygens (including phenoxy) is 1. The van der Waals surface area contributed by atoms with Gasteiger partial charge in [-0.1, -0.05) is 11.6 Å². The first-order valence-corrected chi connectivity index (χ1v) is 6.30. The topological polar surface area (TPSA) is 56.5 Å². The van der Waals surface area contributed by atoms with E-state index >= 15 is 0 Å². The number of nitrogens with zero attached hydrogens (tertiary/aromatic N) is 3. The van der Waals surface area contributed by atoms with E-state index in [9.17, 15) is 4.79 Å². The highest BCUT2D eigenvalue weighted by Crippen LogP contribution is 2.41. The monoisotopic (exact) mass is 265 g/mol. The Morgan fingerprint density at radius 3 is 3.06 bits per heavy atom. The fourth-order valence-electron chi connectivity index (χ4n) is 1.98. The molecule has 0 unspecified atom stereocenters. The van der Waals surface area contributed by atoms with Gasteiger partial charge >= 0.3 is 5.97 Å². The number of hydrogen-bond donors (Lipinski definition) is 0. The Labute approximate surface area is 109 Å². The Hall–Kier alpha value is -1.62. The maximum atomic E-state index is 11.7. The number of fused-ring (bicyclic) bond motifs is 1. The lowest BCUT2D eigenvalue weighted by atomic mass is 10.2. The average Bonchev–Trinajstić information content (AvgIpc) is 3.14. The molecule has 2 heterocycles. The van der Waals surface area contributed by atoms with Gasteiger partial charge in [0.15, 0.2) is 16.5 Å². The maximum Gasteiger partial charge on any atom is 0.360 e. The summed E-state index contributed by atoms with van der Waals surface area (Å²) >= 11 is 6.12. The molecule has 0 atom stereocenters. The number of imidazole rings is 1. The van der Waals surface area contributed by atoms with Gasteiger partial charge in [-0.05, 0) is 31.7 Å². The van der Waals surface area contributed by atoms with E-state index in [2.05, 4.69) is 10.1 Å². The minimum atomic E-state index is -0.505. The fourth-order valence-corrected chi connectivity index (χ4v) is 2.23. The number of aromatic nitrogens is 3. The highest BCUT2D eigenvalue weighted by Gasteiger charge is 2.29. The third-order valence-corrected chi connectivity index (χ3v) is 3.32. The maximum absolute atomic E-state index is 11.7. The highest BCUT2D eigenvalue weighted by molar-refractivity contribution is 6.32. The number of carbonyl (C=O) groups is 1. The van der Waals surface area contributed by atoms with Crippen LogP contribution in [0.25, 0.3) is 5.65 Å². The summed E-state index contributed by atoms with van der Waals surface area (Å²) in [6, 6.07) is 1.94. The Balaban J connectivity index is 2.14. The molecule has 1 aliphatic carbocycles. The van der Waals surface area contributed by atoms with Gasteiger partial charge in [-0.25, -0.2) is 14.3 Å². The molecule has 0 spiro atoms. The molecule has 0 radical (unpaired) electrons. The van der Waals surface area contributed by atoms with Crippen LogP contribution in [0.15, 0.2) is 12.3 Å². The lowest BCUT2D eigenvalue weighted by Crippen LogP contribution is -2.05. The molecule has 2 aromatic heterocycles. The van der Waals surface area contributed by atoms with E-state index in [-0.39, 0.29) is 10.8 Å². The van der Waals surface area contributed by atoms with Crippen LogP contribution < -0.4 is 0 Å². The van der Waals surface area contributed by atoms with Gasteiger partial charge in [-0.2, -0.15) is 5.10 Å². The lowest BCUT2D eigenvalue weighted by Gasteiger charge is -1.99. The standard InChI is InChI=1S/C12H12ClN3O2/c1-2-18-12(17)9-10(13)16-11(15-9)8(5-6-14-16)7-3-4-7/h5-7H,2-4H2,1H3. The van der Waals surface area contributed by atoms with Crippen LogP contribution in [0.5, 0.6) is 0 Å². The van der Waals surface area contributed by atoms with Gasteiger partial charge in [0.2, 0.25) is 0 Å². The van der Waals surface area contributed by atoms with Crippen molar-refractivity contribution in [3.05, 3.63) is 28.7 Å². The van der Waals surface area contributed by atoms with Gasteiger partial charge in [-0.15, -0.1) is 0 Å². The van der Waals surface area contributed by atoms with Gasteiger partial charge in [-0.3, -0.25) is 0 Å². The third kappa shape index (κ3) is 1.75. The third-order valence-electron chi connectivity index (χ3n) is 2.98. The van der Waals surface area contributed by atoms with Crippen molar-refractivity contribution in [1.82, 2.24) is 14.6 Å². The minimum Gasteiger partial charge on any atom is -0.461 e. The predicted octanol–water partition coefficient (Wildman–Crippen LogP) is 2.44. The van der Waals surface area contributed by atoms with E-state index in [4.69, 9.17) is 16.3 Å². The van der Waals surface area contributed by atoms with Crippen LogP contribution in [0, 0.1) is 0 Å². The molecular weight excluding hydrogens is 254 g/mol. The molecule has 1 saturated carbocycles. The molecule has 5 nitrogen and oxygen atoms in total. The zero-order valence-corrected chi connectivity index (χ0v) is 10.6. The number of rotatable bonds is 3. The van der Waals surface area contributed by atoms with Gasteiger partial charge < -0.3 is 4.74 Å². The van der Waals surface area contributed by atoms with Crippen LogP contribution in [-0.4, -0.2) is 27.2 Å². The summed E-state index contributed by atoms with van der Waals surface area (Å²) in [6.45, 7) is 2.04. The molecule has 0 aromatic carbocycles. The van der Waals surface area contributed by atoms with Crippen molar-refractivity contribution in [3.8, 4) is 0 Å². The van der Waals surface area contributed by atoms with Gasteiger partial charge in [0.1, 0.15) is 0 Å². The summed E-state index contributed by atoms with van der Waals surface area (Å²) in [6.07, 6.45) is 3.99. The normalized spacial score (nSPS) is 15.0. The fraction of sp³-hybridized carbons (Fsp3) is 0.417. The van der Waals surface area contributed by atoms with E-state index in [1.807, 2.05) is 6.07 Å². The molecule has 2 aromatic rings.